The second-order valence-electron chi connectivity index (χ2n) is 5.47. The van der Waals surface area contributed by atoms with Gasteiger partial charge in [0, 0.05) is 18.1 Å². The van der Waals surface area contributed by atoms with E-state index in [9.17, 15) is 4.79 Å². The first-order chi connectivity index (χ1) is 7.68. The van der Waals surface area contributed by atoms with Gasteiger partial charge in [0.25, 0.3) is 0 Å². The highest BCUT2D eigenvalue weighted by Crippen LogP contribution is 2.24. The van der Waals surface area contributed by atoms with Crippen molar-refractivity contribution in [1.29, 1.82) is 0 Å². The number of carbonyl (C=O) groups is 1. The van der Waals surface area contributed by atoms with E-state index in [1.54, 1.807) is 0 Å². The van der Waals surface area contributed by atoms with Crippen molar-refractivity contribution >= 4 is 6.03 Å². The van der Waals surface area contributed by atoms with Gasteiger partial charge in [-0.1, -0.05) is 12.8 Å². The Hall–Kier alpha value is -0.730. The predicted octanol–water partition coefficient (Wildman–Crippen LogP) is 2.90. The number of amides is 2. The number of nitrogens with one attached hydrogen (secondary N) is 1. The average Bonchev–Trinajstić information content (AvgIpc) is 2.70. The van der Waals surface area contributed by atoms with Gasteiger partial charge in [-0.15, -0.1) is 0 Å². The first-order valence-corrected chi connectivity index (χ1v) is 6.77. The van der Waals surface area contributed by atoms with Gasteiger partial charge in [-0.25, -0.2) is 4.79 Å². The molecule has 1 N–H and O–H groups in total. The minimum Gasteiger partial charge on any atom is -0.335 e. The average molecular weight is 224 g/mol. The number of hydrogen-bond donors (Lipinski definition) is 1. The number of hydrogen-bond acceptors (Lipinski definition) is 1. The van der Waals surface area contributed by atoms with E-state index in [1.165, 1.54) is 32.1 Å². The van der Waals surface area contributed by atoms with E-state index in [1.807, 2.05) is 0 Å². The number of likely N-dealkylation sites (tertiary alicyclic amines) is 1. The van der Waals surface area contributed by atoms with Gasteiger partial charge < -0.3 is 10.2 Å². The fourth-order valence-electron chi connectivity index (χ4n) is 3.14. The topological polar surface area (TPSA) is 32.3 Å². The van der Waals surface area contributed by atoms with Crippen molar-refractivity contribution < 1.29 is 4.79 Å². The fourth-order valence-corrected chi connectivity index (χ4v) is 3.14. The van der Waals surface area contributed by atoms with E-state index in [0.29, 0.717) is 18.1 Å². The first-order valence-electron chi connectivity index (χ1n) is 6.77. The van der Waals surface area contributed by atoms with Gasteiger partial charge in [0.1, 0.15) is 0 Å². The second kappa shape index (κ2) is 5.07. The Bertz CT molecular complexity index is 238. The Kier molecular flexibility index (Phi) is 3.72. The van der Waals surface area contributed by atoms with Crippen molar-refractivity contribution in [2.75, 3.05) is 0 Å². The van der Waals surface area contributed by atoms with E-state index in [0.717, 1.165) is 12.8 Å². The highest BCUT2D eigenvalue weighted by molar-refractivity contribution is 5.75. The summed E-state index contributed by atoms with van der Waals surface area (Å²) >= 11 is 0. The van der Waals surface area contributed by atoms with E-state index in [-0.39, 0.29) is 6.03 Å². The summed E-state index contributed by atoms with van der Waals surface area (Å²) in [5.41, 5.74) is 0. The molecule has 3 nitrogen and oxygen atoms in total. The third-order valence-electron chi connectivity index (χ3n) is 4.11. The molecule has 0 aromatic carbocycles. The molecule has 0 bridgehead atoms. The van der Waals surface area contributed by atoms with Gasteiger partial charge >= 0.3 is 6.03 Å². The van der Waals surface area contributed by atoms with Crippen molar-refractivity contribution in [3.05, 3.63) is 0 Å². The maximum atomic E-state index is 12.2. The Labute approximate surface area is 98.6 Å². The molecule has 16 heavy (non-hydrogen) atoms. The van der Waals surface area contributed by atoms with Crippen LogP contribution in [0.3, 0.4) is 0 Å². The highest BCUT2D eigenvalue weighted by Gasteiger charge is 2.30. The summed E-state index contributed by atoms with van der Waals surface area (Å²) in [6.45, 7) is 4.34. The summed E-state index contributed by atoms with van der Waals surface area (Å²) in [4.78, 5) is 14.2. The third kappa shape index (κ3) is 2.50. The molecule has 1 saturated carbocycles. The molecule has 92 valence electrons. The molecule has 1 heterocycles. The van der Waals surface area contributed by atoms with Gasteiger partial charge in [-0.2, -0.15) is 0 Å². The number of nitrogens with zero attached hydrogens (tertiary/aromatic N) is 1. The summed E-state index contributed by atoms with van der Waals surface area (Å²) in [7, 11) is 0. The van der Waals surface area contributed by atoms with Crippen LogP contribution in [0.25, 0.3) is 0 Å². The zero-order valence-electron chi connectivity index (χ0n) is 10.5. The largest absolute Gasteiger partial charge is 0.335 e. The monoisotopic (exact) mass is 224 g/mol. The van der Waals surface area contributed by atoms with E-state index < -0.39 is 0 Å². The lowest BCUT2D eigenvalue weighted by Crippen LogP contribution is -2.53. The van der Waals surface area contributed by atoms with Crippen LogP contribution in [0, 0.1) is 0 Å². The number of urea groups is 1. The van der Waals surface area contributed by atoms with Gasteiger partial charge in [0.15, 0.2) is 0 Å². The first kappa shape index (κ1) is 11.7. The number of piperidine rings is 1. The van der Waals surface area contributed by atoms with Crippen LogP contribution in [0.5, 0.6) is 0 Å². The normalized spacial score (nSPS) is 31.8. The fraction of sp³-hybridized carbons (Fsp3) is 0.923. The van der Waals surface area contributed by atoms with Crippen LogP contribution in [0.15, 0.2) is 0 Å². The molecule has 0 spiro atoms. The maximum absolute atomic E-state index is 12.2. The molecule has 2 aliphatic rings. The molecule has 1 aliphatic carbocycles. The molecule has 0 unspecified atom stereocenters. The smallest absolute Gasteiger partial charge is 0.318 e. The van der Waals surface area contributed by atoms with Crippen molar-refractivity contribution in [2.24, 2.45) is 0 Å². The Morgan fingerprint density at radius 3 is 2.12 bits per heavy atom. The van der Waals surface area contributed by atoms with Crippen LogP contribution >= 0.6 is 0 Å². The summed E-state index contributed by atoms with van der Waals surface area (Å²) < 4.78 is 0. The van der Waals surface area contributed by atoms with Crippen LogP contribution in [-0.2, 0) is 0 Å². The van der Waals surface area contributed by atoms with Crippen LogP contribution in [0.1, 0.15) is 58.8 Å². The van der Waals surface area contributed by atoms with E-state index >= 15 is 0 Å². The van der Waals surface area contributed by atoms with Crippen LogP contribution in [0.2, 0.25) is 0 Å². The van der Waals surface area contributed by atoms with Crippen LogP contribution in [-0.4, -0.2) is 29.1 Å². The molecule has 0 aromatic rings. The molecule has 2 fully saturated rings. The van der Waals surface area contributed by atoms with Crippen molar-refractivity contribution in [3.8, 4) is 0 Å². The summed E-state index contributed by atoms with van der Waals surface area (Å²) in [5, 5.41) is 3.20. The highest BCUT2D eigenvalue weighted by atomic mass is 16.2. The molecule has 3 heteroatoms. The van der Waals surface area contributed by atoms with Crippen molar-refractivity contribution in [1.82, 2.24) is 10.2 Å². The summed E-state index contributed by atoms with van der Waals surface area (Å²) in [6.07, 6.45) is 8.46. The maximum Gasteiger partial charge on any atom is 0.318 e. The molecule has 1 saturated heterocycles. The minimum absolute atomic E-state index is 0.173. The van der Waals surface area contributed by atoms with Crippen molar-refractivity contribution in [2.45, 2.75) is 76.9 Å². The molecule has 0 aromatic heterocycles. The van der Waals surface area contributed by atoms with Crippen molar-refractivity contribution in [3.63, 3.8) is 0 Å². The molecular weight excluding hydrogens is 200 g/mol. The Morgan fingerprint density at radius 2 is 1.56 bits per heavy atom. The molecule has 0 radical (unpaired) electrons. The predicted molar refractivity (Wildman–Crippen MR) is 65.4 cm³/mol. The Balaban J connectivity index is 1.90. The van der Waals surface area contributed by atoms with Gasteiger partial charge in [-0.3, -0.25) is 0 Å². The van der Waals surface area contributed by atoms with Crippen LogP contribution in [0.4, 0.5) is 4.79 Å². The zero-order chi connectivity index (χ0) is 11.5. The SMILES string of the molecule is C[C@@H]1CCC[C@H](C)N1C(=O)NC1CCCC1. The minimum atomic E-state index is 0.173. The second-order valence-corrected chi connectivity index (χ2v) is 5.47. The third-order valence-corrected chi connectivity index (χ3v) is 4.11. The molecule has 2 atom stereocenters. The summed E-state index contributed by atoms with van der Waals surface area (Å²) in [6, 6.07) is 1.43. The van der Waals surface area contributed by atoms with E-state index in [4.69, 9.17) is 0 Å². The molecular formula is C13H24N2O. The standard InChI is InChI=1S/C13H24N2O/c1-10-6-5-7-11(2)15(10)13(16)14-12-8-3-4-9-12/h10-12H,3-9H2,1-2H3,(H,14,16)/t10-,11+. The number of rotatable bonds is 1. The summed E-state index contributed by atoms with van der Waals surface area (Å²) in [5.74, 6) is 0. The van der Waals surface area contributed by atoms with Gasteiger partial charge in [0.2, 0.25) is 0 Å². The molecule has 2 rings (SSSR count). The molecule has 1 aliphatic heterocycles. The quantitative estimate of drug-likeness (QED) is 0.729. The Morgan fingerprint density at radius 1 is 1.00 bits per heavy atom. The van der Waals surface area contributed by atoms with Gasteiger partial charge in [0.05, 0.1) is 0 Å². The van der Waals surface area contributed by atoms with E-state index in [2.05, 4.69) is 24.1 Å². The van der Waals surface area contributed by atoms with Gasteiger partial charge in [-0.05, 0) is 46.0 Å². The lowest BCUT2D eigenvalue weighted by atomic mass is 9.98. The lowest BCUT2D eigenvalue weighted by Gasteiger charge is -2.39. The lowest BCUT2D eigenvalue weighted by molar-refractivity contribution is 0.120. The molecule has 2 amide bonds. The van der Waals surface area contributed by atoms with Crippen LogP contribution < -0.4 is 5.32 Å². The number of carbonyl (C=O) groups excluding carboxylic acids is 1. The zero-order valence-corrected chi connectivity index (χ0v) is 10.5.